The third kappa shape index (κ3) is 4.53. The molecule has 2 aromatic rings. The maximum atomic E-state index is 12.2. The minimum atomic E-state index is -0.129. The molecule has 1 N–H and O–H groups in total. The molecule has 2 aromatic heterocycles. The van der Waals surface area contributed by atoms with E-state index in [0.29, 0.717) is 17.3 Å². The molecule has 0 aliphatic heterocycles. The number of aromatic nitrogens is 2. The van der Waals surface area contributed by atoms with Crippen molar-refractivity contribution in [2.45, 2.75) is 26.2 Å². The second-order valence-electron chi connectivity index (χ2n) is 5.12. The lowest BCUT2D eigenvalue weighted by molar-refractivity contribution is 0.0954. The van der Waals surface area contributed by atoms with E-state index >= 15 is 0 Å². The zero-order valence-corrected chi connectivity index (χ0v) is 12.9. The van der Waals surface area contributed by atoms with E-state index in [9.17, 15) is 4.79 Å². The summed E-state index contributed by atoms with van der Waals surface area (Å²) in [5.74, 6) is 0.0994. The summed E-state index contributed by atoms with van der Waals surface area (Å²) in [5, 5.41) is 3.24. The maximum absolute atomic E-state index is 12.2. The second-order valence-corrected chi connectivity index (χ2v) is 5.51. The molecular formula is C16H18ClN3O. The van der Waals surface area contributed by atoms with Crippen LogP contribution in [0.2, 0.25) is 5.15 Å². The number of pyridine rings is 2. The average molecular weight is 304 g/mol. The molecule has 110 valence electrons. The zero-order valence-electron chi connectivity index (χ0n) is 12.1. The van der Waals surface area contributed by atoms with Crippen LogP contribution in [0.25, 0.3) is 0 Å². The molecule has 4 nitrogen and oxygen atoms in total. The summed E-state index contributed by atoms with van der Waals surface area (Å²) >= 11 is 5.97. The van der Waals surface area contributed by atoms with Crippen LogP contribution in [-0.4, -0.2) is 22.4 Å². The number of rotatable bonds is 5. The third-order valence-corrected chi connectivity index (χ3v) is 3.31. The molecule has 0 saturated carbocycles. The van der Waals surface area contributed by atoms with Crippen LogP contribution in [0, 0.1) is 0 Å². The number of carbonyl (C=O) groups excluding carboxylic acids is 1. The molecule has 0 fully saturated rings. The van der Waals surface area contributed by atoms with Crippen LogP contribution >= 0.6 is 11.6 Å². The van der Waals surface area contributed by atoms with Gasteiger partial charge in [0.1, 0.15) is 5.15 Å². The van der Waals surface area contributed by atoms with Gasteiger partial charge in [-0.3, -0.25) is 9.78 Å². The van der Waals surface area contributed by atoms with Gasteiger partial charge in [0, 0.05) is 30.2 Å². The van der Waals surface area contributed by atoms with Gasteiger partial charge in [-0.25, -0.2) is 4.98 Å². The fourth-order valence-electron chi connectivity index (χ4n) is 1.92. The SMILES string of the molecule is CC(C)c1cc(C(=O)NCCc2ccncc2)cc(Cl)n1. The minimum absolute atomic E-state index is 0.129. The molecule has 0 spiro atoms. The van der Waals surface area contributed by atoms with E-state index in [1.807, 2.05) is 26.0 Å². The highest BCUT2D eigenvalue weighted by Gasteiger charge is 2.10. The van der Waals surface area contributed by atoms with E-state index in [1.165, 1.54) is 0 Å². The Balaban J connectivity index is 1.97. The fraction of sp³-hybridized carbons (Fsp3) is 0.312. The van der Waals surface area contributed by atoms with E-state index in [2.05, 4.69) is 15.3 Å². The first-order valence-electron chi connectivity index (χ1n) is 6.91. The van der Waals surface area contributed by atoms with Crippen molar-refractivity contribution in [2.75, 3.05) is 6.54 Å². The molecule has 1 amide bonds. The Bertz CT molecular complexity index is 614. The Kier molecular flexibility index (Phi) is 5.28. The number of nitrogens with one attached hydrogen (secondary N) is 1. The summed E-state index contributed by atoms with van der Waals surface area (Å²) in [4.78, 5) is 20.3. The quantitative estimate of drug-likeness (QED) is 0.863. The van der Waals surface area contributed by atoms with Gasteiger partial charge in [-0.15, -0.1) is 0 Å². The Morgan fingerprint density at radius 2 is 2.00 bits per heavy atom. The molecule has 0 unspecified atom stereocenters. The van der Waals surface area contributed by atoms with Crippen molar-refractivity contribution >= 4 is 17.5 Å². The van der Waals surface area contributed by atoms with Crippen LogP contribution in [-0.2, 0) is 6.42 Å². The topological polar surface area (TPSA) is 54.9 Å². The van der Waals surface area contributed by atoms with Crippen LogP contribution in [0.3, 0.4) is 0 Å². The van der Waals surface area contributed by atoms with Gasteiger partial charge in [-0.05, 0) is 42.2 Å². The largest absolute Gasteiger partial charge is 0.352 e. The summed E-state index contributed by atoms with van der Waals surface area (Å²) in [6.07, 6.45) is 4.26. The number of halogens is 1. The molecule has 5 heteroatoms. The number of nitrogens with zero attached hydrogens (tertiary/aromatic N) is 2. The Morgan fingerprint density at radius 3 is 2.67 bits per heavy atom. The minimum Gasteiger partial charge on any atom is -0.352 e. The molecule has 0 saturated heterocycles. The van der Waals surface area contributed by atoms with E-state index in [-0.39, 0.29) is 11.8 Å². The van der Waals surface area contributed by atoms with E-state index < -0.39 is 0 Å². The molecule has 0 aliphatic rings. The van der Waals surface area contributed by atoms with Gasteiger partial charge in [-0.1, -0.05) is 25.4 Å². The van der Waals surface area contributed by atoms with E-state index in [1.54, 1.807) is 24.5 Å². The Labute approximate surface area is 129 Å². The molecule has 0 aromatic carbocycles. The van der Waals surface area contributed by atoms with Gasteiger partial charge in [0.25, 0.3) is 5.91 Å². The summed E-state index contributed by atoms with van der Waals surface area (Å²) in [5.41, 5.74) is 2.51. The predicted octanol–water partition coefficient (Wildman–Crippen LogP) is 3.23. The highest BCUT2D eigenvalue weighted by Crippen LogP contribution is 2.17. The van der Waals surface area contributed by atoms with Gasteiger partial charge >= 0.3 is 0 Å². The third-order valence-electron chi connectivity index (χ3n) is 3.12. The van der Waals surface area contributed by atoms with Crippen molar-refractivity contribution < 1.29 is 4.79 Å². The second kappa shape index (κ2) is 7.18. The monoisotopic (exact) mass is 303 g/mol. The molecule has 0 atom stereocenters. The highest BCUT2D eigenvalue weighted by atomic mass is 35.5. The fourth-order valence-corrected chi connectivity index (χ4v) is 2.13. The van der Waals surface area contributed by atoms with Gasteiger partial charge in [0.15, 0.2) is 0 Å². The van der Waals surface area contributed by atoms with Crippen LogP contribution in [0.15, 0.2) is 36.7 Å². The summed E-state index contributed by atoms with van der Waals surface area (Å²) in [6.45, 7) is 4.60. The first-order chi connectivity index (χ1) is 10.1. The van der Waals surface area contributed by atoms with Crippen LogP contribution in [0.5, 0.6) is 0 Å². The van der Waals surface area contributed by atoms with Crippen LogP contribution < -0.4 is 5.32 Å². The standard InChI is InChI=1S/C16H18ClN3O/c1-11(2)14-9-13(10-15(17)20-14)16(21)19-8-5-12-3-6-18-7-4-12/h3-4,6-7,9-11H,5,8H2,1-2H3,(H,19,21). The molecule has 2 heterocycles. The summed E-state index contributed by atoms with van der Waals surface area (Å²) < 4.78 is 0. The molecule has 21 heavy (non-hydrogen) atoms. The summed E-state index contributed by atoms with van der Waals surface area (Å²) in [6, 6.07) is 7.26. The normalized spacial score (nSPS) is 10.7. The van der Waals surface area contributed by atoms with Crippen molar-refractivity contribution in [1.29, 1.82) is 0 Å². The van der Waals surface area contributed by atoms with Gasteiger partial charge in [0.05, 0.1) is 0 Å². The lowest BCUT2D eigenvalue weighted by atomic mass is 10.1. The first-order valence-corrected chi connectivity index (χ1v) is 7.28. The smallest absolute Gasteiger partial charge is 0.251 e. The van der Waals surface area contributed by atoms with E-state index in [0.717, 1.165) is 17.7 Å². The van der Waals surface area contributed by atoms with E-state index in [4.69, 9.17) is 11.6 Å². The maximum Gasteiger partial charge on any atom is 0.251 e. The molecule has 2 rings (SSSR count). The Hall–Kier alpha value is -1.94. The molecule has 0 radical (unpaired) electrons. The summed E-state index contributed by atoms with van der Waals surface area (Å²) in [7, 11) is 0. The highest BCUT2D eigenvalue weighted by molar-refractivity contribution is 6.29. The van der Waals surface area contributed by atoms with Crippen molar-refractivity contribution in [3.8, 4) is 0 Å². The van der Waals surface area contributed by atoms with Crippen molar-refractivity contribution in [3.05, 3.63) is 58.6 Å². The first kappa shape index (κ1) is 15.4. The molecular weight excluding hydrogens is 286 g/mol. The van der Waals surface area contributed by atoms with Gasteiger partial charge in [0.2, 0.25) is 0 Å². The van der Waals surface area contributed by atoms with Crippen LogP contribution in [0.1, 0.15) is 41.4 Å². The number of hydrogen-bond donors (Lipinski definition) is 1. The number of amides is 1. The number of hydrogen-bond acceptors (Lipinski definition) is 3. The van der Waals surface area contributed by atoms with Gasteiger partial charge in [-0.2, -0.15) is 0 Å². The van der Waals surface area contributed by atoms with Crippen molar-refractivity contribution in [1.82, 2.24) is 15.3 Å². The lowest BCUT2D eigenvalue weighted by Gasteiger charge is -2.09. The van der Waals surface area contributed by atoms with Crippen molar-refractivity contribution in [3.63, 3.8) is 0 Å². The average Bonchev–Trinajstić information content (AvgIpc) is 2.47. The molecule has 0 aliphatic carbocycles. The number of carbonyl (C=O) groups is 1. The zero-order chi connectivity index (χ0) is 15.2. The Morgan fingerprint density at radius 1 is 1.29 bits per heavy atom. The van der Waals surface area contributed by atoms with Crippen molar-refractivity contribution in [2.24, 2.45) is 0 Å². The van der Waals surface area contributed by atoms with Gasteiger partial charge < -0.3 is 5.32 Å². The lowest BCUT2D eigenvalue weighted by Crippen LogP contribution is -2.26. The predicted molar refractivity (Wildman–Crippen MR) is 83.6 cm³/mol. The molecule has 0 bridgehead atoms. The van der Waals surface area contributed by atoms with Crippen LogP contribution in [0.4, 0.5) is 0 Å².